The van der Waals surface area contributed by atoms with Gasteiger partial charge in [0.1, 0.15) is 12.0 Å². The molecule has 0 radical (unpaired) electrons. The molecule has 0 fully saturated rings. The summed E-state index contributed by atoms with van der Waals surface area (Å²) in [5.41, 5.74) is 0.983. The lowest BCUT2D eigenvalue weighted by Gasteiger charge is -1.87. The minimum absolute atomic E-state index is 0.749. The van der Waals surface area contributed by atoms with Gasteiger partial charge in [-0.15, -0.1) is 0 Å². The van der Waals surface area contributed by atoms with Gasteiger partial charge in [-0.1, -0.05) is 6.08 Å². The molecule has 0 saturated heterocycles. The van der Waals surface area contributed by atoms with E-state index in [9.17, 15) is 4.79 Å². The molecule has 0 N–H and O–H groups in total. The summed E-state index contributed by atoms with van der Waals surface area (Å²) in [6.45, 7) is 1.91. The first-order chi connectivity index (χ1) is 5.83. The van der Waals surface area contributed by atoms with E-state index in [1.807, 2.05) is 25.1 Å². The van der Waals surface area contributed by atoms with Crippen LogP contribution in [0.3, 0.4) is 0 Å². The third-order valence-corrected chi connectivity index (χ3v) is 1.35. The molecule has 0 aliphatic carbocycles. The lowest BCUT2D eigenvalue weighted by Crippen LogP contribution is -1.69. The van der Waals surface area contributed by atoms with E-state index < -0.39 is 0 Å². The largest absolute Gasteiger partial charge is 0.465 e. The predicted octanol–water partition coefficient (Wildman–Crippen LogP) is 2.44. The van der Waals surface area contributed by atoms with Gasteiger partial charge in [0, 0.05) is 0 Å². The standard InChI is InChI=1S/C10H10O2/c1-9(4-2-6-11)8-10-5-3-7-12-10/h2-8H,1H3/b4-2+,9-8-. The van der Waals surface area contributed by atoms with Gasteiger partial charge in [0.15, 0.2) is 0 Å². The summed E-state index contributed by atoms with van der Waals surface area (Å²) in [4.78, 5) is 9.97. The molecule has 0 aromatic carbocycles. The first-order valence-electron chi connectivity index (χ1n) is 3.66. The SMILES string of the molecule is CC(=C/c1ccco1)/C=C/C=O. The Balaban J connectivity index is 2.69. The topological polar surface area (TPSA) is 30.2 Å². The maximum absolute atomic E-state index is 9.97. The van der Waals surface area contributed by atoms with Gasteiger partial charge in [-0.05, 0) is 36.8 Å². The molecule has 12 heavy (non-hydrogen) atoms. The molecule has 1 aromatic rings. The van der Waals surface area contributed by atoms with Crippen LogP contribution in [0.1, 0.15) is 12.7 Å². The third-order valence-electron chi connectivity index (χ3n) is 1.35. The van der Waals surface area contributed by atoms with Crippen LogP contribution >= 0.6 is 0 Å². The predicted molar refractivity (Wildman–Crippen MR) is 47.6 cm³/mol. The summed E-state index contributed by atoms with van der Waals surface area (Å²) in [7, 11) is 0. The van der Waals surface area contributed by atoms with E-state index in [2.05, 4.69) is 0 Å². The van der Waals surface area contributed by atoms with Crippen molar-refractivity contribution in [3.05, 3.63) is 41.9 Å². The van der Waals surface area contributed by atoms with Crippen LogP contribution in [0.2, 0.25) is 0 Å². The summed E-state index contributed by atoms with van der Waals surface area (Å²) in [5.74, 6) is 0.794. The van der Waals surface area contributed by atoms with Crippen molar-refractivity contribution >= 4 is 12.4 Å². The zero-order valence-corrected chi connectivity index (χ0v) is 6.86. The van der Waals surface area contributed by atoms with E-state index in [1.165, 1.54) is 6.08 Å². The third kappa shape index (κ3) is 2.58. The Hall–Kier alpha value is -1.57. The van der Waals surface area contributed by atoms with E-state index in [0.29, 0.717) is 0 Å². The second kappa shape index (κ2) is 4.34. The van der Waals surface area contributed by atoms with Crippen molar-refractivity contribution in [2.75, 3.05) is 0 Å². The minimum atomic E-state index is 0.749. The van der Waals surface area contributed by atoms with Crippen molar-refractivity contribution in [1.29, 1.82) is 0 Å². The molecule has 0 unspecified atom stereocenters. The zero-order chi connectivity index (χ0) is 8.81. The molecule has 1 rings (SSSR count). The number of hydrogen-bond donors (Lipinski definition) is 0. The Bertz CT molecular complexity index is 292. The number of furan rings is 1. The lowest BCUT2D eigenvalue weighted by atomic mass is 10.2. The summed E-state index contributed by atoms with van der Waals surface area (Å²) >= 11 is 0. The molecule has 2 heteroatoms. The van der Waals surface area contributed by atoms with Gasteiger partial charge in [-0.25, -0.2) is 0 Å². The Kier molecular flexibility index (Phi) is 3.08. The van der Waals surface area contributed by atoms with E-state index in [1.54, 1.807) is 12.3 Å². The van der Waals surface area contributed by atoms with Crippen LogP contribution in [0.25, 0.3) is 6.08 Å². The highest BCUT2D eigenvalue weighted by molar-refractivity contribution is 5.67. The molecule has 0 spiro atoms. The van der Waals surface area contributed by atoms with Crippen molar-refractivity contribution in [1.82, 2.24) is 0 Å². The lowest BCUT2D eigenvalue weighted by molar-refractivity contribution is -0.104. The number of aldehydes is 1. The zero-order valence-electron chi connectivity index (χ0n) is 6.86. The summed E-state index contributed by atoms with van der Waals surface area (Å²) in [5, 5.41) is 0. The Morgan fingerprint density at radius 1 is 1.58 bits per heavy atom. The van der Waals surface area contributed by atoms with Gasteiger partial charge in [0.25, 0.3) is 0 Å². The van der Waals surface area contributed by atoms with Gasteiger partial charge in [0.05, 0.1) is 6.26 Å². The van der Waals surface area contributed by atoms with Crippen LogP contribution < -0.4 is 0 Å². The molecule has 0 aliphatic rings. The number of carbonyl (C=O) groups excluding carboxylic acids is 1. The quantitative estimate of drug-likeness (QED) is 0.388. The maximum atomic E-state index is 9.97. The van der Waals surface area contributed by atoms with E-state index in [4.69, 9.17) is 4.42 Å². The molecule has 62 valence electrons. The van der Waals surface area contributed by atoms with Gasteiger partial charge in [0.2, 0.25) is 0 Å². The molecule has 0 atom stereocenters. The van der Waals surface area contributed by atoms with Crippen LogP contribution in [0.4, 0.5) is 0 Å². The highest BCUT2D eigenvalue weighted by Gasteiger charge is 1.88. The number of hydrogen-bond acceptors (Lipinski definition) is 2. The van der Waals surface area contributed by atoms with Crippen LogP contribution in [-0.2, 0) is 4.79 Å². The molecule has 2 nitrogen and oxygen atoms in total. The first-order valence-corrected chi connectivity index (χ1v) is 3.66. The normalized spacial score (nSPS) is 12.2. The van der Waals surface area contributed by atoms with Gasteiger partial charge in [-0.2, -0.15) is 0 Å². The van der Waals surface area contributed by atoms with Crippen LogP contribution in [0.15, 0.2) is 40.5 Å². The Morgan fingerprint density at radius 3 is 3.00 bits per heavy atom. The van der Waals surface area contributed by atoms with Crippen molar-refractivity contribution in [3.63, 3.8) is 0 Å². The Labute approximate surface area is 71.2 Å². The van der Waals surface area contributed by atoms with E-state index in [0.717, 1.165) is 17.6 Å². The Morgan fingerprint density at radius 2 is 2.42 bits per heavy atom. The van der Waals surface area contributed by atoms with Gasteiger partial charge < -0.3 is 4.42 Å². The molecule has 0 saturated carbocycles. The maximum Gasteiger partial charge on any atom is 0.142 e. The smallest absolute Gasteiger partial charge is 0.142 e. The number of rotatable bonds is 3. The second-order valence-corrected chi connectivity index (χ2v) is 2.40. The van der Waals surface area contributed by atoms with Gasteiger partial charge in [-0.3, -0.25) is 4.79 Å². The fourth-order valence-electron chi connectivity index (χ4n) is 0.837. The molecule has 1 aromatic heterocycles. The van der Waals surface area contributed by atoms with Crippen LogP contribution in [0, 0.1) is 0 Å². The molecular weight excluding hydrogens is 152 g/mol. The molecular formula is C10H10O2. The number of allylic oxidation sites excluding steroid dienone is 3. The molecule has 0 amide bonds. The summed E-state index contributed by atoms with van der Waals surface area (Å²) in [6, 6.07) is 3.68. The molecule has 0 aliphatic heterocycles. The highest BCUT2D eigenvalue weighted by atomic mass is 16.3. The van der Waals surface area contributed by atoms with E-state index >= 15 is 0 Å². The second-order valence-electron chi connectivity index (χ2n) is 2.40. The highest BCUT2D eigenvalue weighted by Crippen LogP contribution is 2.07. The van der Waals surface area contributed by atoms with Crippen molar-refractivity contribution in [2.24, 2.45) is 0 Å². The molecule has 0 bridgehead atoms. The summed E-state index contributed by atoms with van der Waals surface area (Å²) < 4.78 is 5.09. The molecule has 1 heterocycles. The fourth-order valence-corrected chi connectivity index (χ4v) is 0.837. The first kappa shape index (κ1) is 8.53. The fraction of sp³-hybridized carbons (Fsp3) is 0.100. The van der Waals surface area contributed by atoms with Crippen molar-refractivity contribution < 1.29 is 9.21 Å². The van der Waals surface area contributed by atoms with E-state index in [-0.39, 0.29) is 0 Å². The van der Waals surface area contributed by atoms with Crippen LogP contribution in [-0.4, -0.2) is 6.29 Å². The van der Waals surface area contributed by atoms with Crippen molar-refractivity contribution in [3.8, 4) is 0 Å². The average molecular weight is 162 g/mol. The van der Waals surface area contributed by atoms with Crippen LogP contribution in [0.5, 0.6) is 0 Å². The summed E-state index contributed by atoms with van der Waals surface area (Å²) in [6.07, 6.45) is 7.41. The van der Waals surface area contributed by atoms with Crippen molar-refractivity contribution in [2.45, 2.75) is 6.92 Å². The van der Waals surface area contributed by atoms with Gasteiger partial charge >= 0.3 is 0 Å². The minimum Gasteiger partial charge on any atom is -0.465 e. The monoisotopic (exact) mass is 162 g/mol. The number of carbonyl (C=O) groups is 1. The average Bonchev–Trinajstić information content (AvgIpc) is 2.53.